The van der Waals surface area contributed by atoms with Gasteiger partial charge in [0, 0.05) is 12.2 Å². The Morgan fingerprint density at radius 1 is 1.18 bits per heavy atom. The molecule has 1 heteroatoms. The maximum absolute atomic E-state index is 3.95. The topological polar surface area (TPSA) is 12.0 Å². The van der Waals surface area contributed by atoms with Gasteiger partial charge in [-0.15, -0.1) is 0 Å². The van der Waals surface area contributed by atoms with Gasteiger partial charge in [-0.05, 0) is 19.3 Å². The van der Waals surface area contributed by atoms with Crippen molar-refractivity contribution >= 4 is 0 Å². The second-order valence-electron chi connectivity index (χ2n) is 2.99. The molecule has 0 saturated heterocycles. The molecule has 0 bridgehead atoms. The van der Waals surface area contributed by atoms with Crippen LogP contribution in [-0.2, 0) is 0 Å². The largest absolute Gasteiger partial charge is 0.389 e. The third-order valence-corrected chi connectivity index (χ3v) is 1.71. The second kappa shape index (κ2) is 7.64. The first-order valence-corrected chi connectivity index (χ1v) is 4.72. The lowest BCUT2D eigenvalue weighted by molar-refractivity contribution is 0.662. The van der Waals surface area contributed by atoms with E-state index in [9.17, 15) is 0 Å². The van der Waals surface area contributed by atoms with E-state index >= 15 is 0 Å². The molecule has 11 heavy (non-hydrogen) atoms. The molecule has 0 aromatic heterocycles. The molecule has 0 aliphatic rings. The fourth-order valence-corrected chi connectivity index (χ4v) is 0.979. The van der Waals surface area contributed by atoms with Crippen molar-refractivity contribution in [1.29, 1.82) is 0 Å². The second-order valence-corrected chi connectivity index (χ2v) is 2.99. The summed E-state index contributed by atoms with van der Waals surface area (Å²) in [4.78, 5) is 0. The number of hydrogen-bond acceptors (Lipinski definition) is 1. The molecule has 66 valence electrons. The third-order valence-electron chi connectivity index (χ3n) is 1.71. The zero-order valence-electron chi connectivity index (χ0n) is 7.95. The summed E-state index contributed by atoms with van der Waals surface area (Å²) in [6, 6.07) is 0. The molecule has 0 saturated carbocycles. The minimum absolute atomic E-state index is 1.07. The van der Waals surface area contributed by atoms with E-state index in [1.165, 1.54) is 31.4 Å². The van der Waals surface area contributed by atoms with Crippen molar-refractivity contribution in [3.63, 3.8) is 0 Å². The van der Waals surface area contributed by atoms with Crippen molar-refractivity contribution in [3.05, 3.63) is 12.3 Å². The van der Waals surface area contributed by atoms with Crippen LogP contribution < -0.4 is 5.32 Å². The van der Waals surface area contributed by atoms with Crippen molar-refractivity contribution in [2.75, 3.05) is 6.54 Å². The summed E-state index contributed by atoms with van der Waals surface area (Å²) < 4.78 is 0. The lowest BCUT2D eigenvalue weighted by Crippen LogP contribution is -2.12. The molecule has 1 nitrogen and oxygen atoms in total. The Balaban J connectivity index is 3.09. The predicted molar refractivity (Wildman–Crippen MR) is 51.6 cm³/mol. The summed E-state index contributed by atoms with van der Waals surface area (Å²) >= 11 is 0. The first kappa shape index (κ1) is 10.5. The van der Waals surface area contributed by atoms with Crippen LogP contribution in [-0.4, -0.2) is 6.54 Å². The molecule has 0 aliphatic carbocycles. The van der Waals surface area contributed by atoms with Gasteiger partial charge in [0.25, 0.3) is 0 Å². The minimum Gasteiger partial charge on any atom is -0.389 e. The van der Waals surface area contributed by atoms with Gasteiger partial charge in [0.15, 0.2) is 0 Å². The number of allylic oxidation sites excluding steroid dienone is 1. The van der Waals surface area contributed by atoms with Crippen molar-refractivity contribution in [2.24, 2.45) is 0 Å². The van der Waals surface area contributed by atoms with Gasteiger partial charge in [0.1, 0.15) is 0 Å². The number of rotatable bonds is 7. The number of nitrogens with one attached hydrogen (secondary N) is 1. The van der Waals surface area contributed by atoms with E-state index in [-0.39, 0.29) is 0 Å². The van der Waals surface area contributed by atoms with E-state index in [0.29, 0.717) is 0 Å². The molecule has 0 radical (unpaired) electrons. The molecular weight excluding hydrogens is 134 g/mol. The molecule has 0 unspecified atom stereocenters. The Morgan fingerprint density at radius 3 is 2.45 bits per heavy atom. The summed E-state index contributed by atoms with van der Waals surface area (Å²) in [5, 5.41) is 3.30. The lowest BCUT2D eigenvalue weighted by atomic mass is 10.2. The molecule has 0 amide bonds. The number of unbranched alkanes of at least 4 members (excludes halogenated alkanes) is 2. The van der Waals surface area contributed by atoms with E-state index in [4.69, 9.17) is 0 Å². The van der Waals surface area contributed by atoms with E-state index < -0.39 is 0 Å². The fourth-order valence-electron chi connectivity index (χ4n) is 0.979. The average Bonchev–Trinajstić information content (AvgIpc) is 2.01. The Kier molecular flexibility index (Phi) is 7.33. The van der Waals surface area contributed by atoms with Gasteiger partial charge in [-0.1, -0.05) is 33.3 Å². The van der Waals surface area contributed by atoms with Crippen LogP contribution in [0.2, 0.25) is 0 Å². The van der Waals surface area contributed by atoms with Crippen LogP contribution in [0.1, 0.15) is 46.0 Å². The van der Waals surface area contributed by atoms with E-state index in [1.807, 2.05) is 0 Å². The SMILES string of the molecule is C=C(CCCCC)NCCC. The van der Waals surface area contributed by atoms with Gasteiger partial charge < -0.3 is 5.32 Å². The molecule has 0 spiro atoms. The zero-order valence-corrected chi connectivity index (χ0v) is 7.95. The lowest BCUT2D eigenvalue weighted by Gasteiger charge is -2.06. The maximum atomic E-state index is 3.95. The maximum Gasteiger partial charge on any atom is 0.0141 e. The summed E-state index contributed by atoms with van der Waals surface area (Å²) in [6.07, 6.45) is 6.24. The van der Waals surface area contributed by atoms with Gasteiger partial charge in [0.05, 0.1) is 0 Å². The smallest absolute Gasteiger partial charge is 0.0141 e. The van der Waals surface area contributed by atoms with Crippen molar-refractivity contribution in [3.8, 4) is 0 Å². The fraction of sp³-hybridized carbons (Fsp3) is 0.800. The molecule has 0 atom stereocenters. The van der Waals surface area contributed by atoms with Crippen LogP contribution in [0, 0.1) is 0 Å². The van der Waals surface area contributed by atoms with Gasteiger partial charge in [-0.25, -0.2) is 0 Å². The molecule has 0 aliphatic heterocycles. The normalized spacial score (nSPS) is 9.64. The molecule has 0 aromatic rings. The predicted octanol–water partition coefficient (Wildman–Crippen LogP) is 3.08. The van der Waals surface area contributed by atoms with Crippen LogP contribution in [0.15, 0.2) is 12.3 Å². The summed E-state index contributed by atoms with van der Waals surface area (Å²) in [7, 11) is 0. The molecular formula is C10H21N. The monoisotopic (exact) mass is 155 g/mol. The van der Waals surface area contributed by atoms with Crippen molar-refractivity contribution in [2.45, 2.75) is 46.0 Å². The third kappa shape index (κ3) is 7.44. The van der Waals surface area contributed by atoms with Crippen LogP contribution in [0.25, 0.3) is 0 Å². The zero-order chi connectivity index (χ0) is 8.53. The van der Waals surface area contributed by atoms with Crippen molar-refractivity contribution < 1.29 is 0 Å². The Hall–Kier alpha value is -0.460. The summed E-state index contributed by atoms with van der Waals surface area (Å²) in [6.45, 7) is 9.42. The number of hydrogen-bond donors (Lipinski definition) is 1. The molecule has 0 heterocycles. The minimum atomic E-state index is 1.07. The standard InChI is InChI=1S/C10H21N/c1-4-6-7-8-10(3)11-9-5-2/h11H,3-9H2,1-2H3. The molecule has 0 aromatic carbocycles. The van der Waals surface area contributed by atoms with Crippen LogP contribution in [0.5, 0.6) is 0 Å². The van der Waals surface area contributed by atoms with E-state index in [1.54, 1.807) is 0 Å². The quantitative estimate of drug-likeness (QED) is 0.557. The average molecular weight is 155 g/mol. The Morgan fingerprint density at radius 2 is 1.91 bits per heavy atom. The van der Waals surface area contributed by atoms with E-state index in [2.05, 4.69) is 25.7 Å². The summed E-state index contributed by atoms with van der Waals surface area (Å²) in [5.74, 6) is 0. The van der Waals surface area contributed by atoms with Gasteiger partial charge in [-0.3, -0.25) is 0 Å². The molecule has 0 fully saturated rings. The first-order valence-electron chi connectivity index (χ1n) is 4.72. The van der Waals surface area contributed by atoms with Gasteiger partial charge in [0.2, 0.25) is 0 Å². The highest BCUT2D eigenvalue weighted by Gasteiger charge is 1.91. The van der Waals surface area contributed by atoms with Gasteiger partial charge >= 0.3 is 0 Å². The van der Waals surface area contributed by atoms with Crippen molar-refractivity contribution in [1.82, 2.24) is 5.32 Å². The van der Waals surface area contributed by atoms with Crippen LogP contribution >= 0.6 is 0 Å². The highest BCUT2D eigenvalue weighted by Crippen LogP contribution is 2.03. The van der Waals surface area contributed by atoms with E-state index in [0.717, 1.165) is 13.0 Å². The molecule has 0 rings (SSSR count). The first-order chi connectivity index (χ1) is 5.31. The Labute approximate surface area is 70.9 Å². The molecule has 1 N–H and O–H groups in total. The van der Waals surface area contributed by atoms with Crippen LogP contribution in [0.3, 0.4) is 0 Å². The highest BCUT2D eigenvalue weighted by atomic mass is 14.9. The van der Waals surface area contributed by atoms with Crippen LogP contribution in [0.4, 0.5) is 0 Å². The van der Waals surface area contributed by atoms with Gasteiger partial charge in [-0.2, -0.15) is 0 Å². The highest BCUT2D eigenvalue weighted by molar-refractivity contribution is 4.89. The summed E-state index contributed by atoms with van der Waals surface area (Å²) in [5.41, 5.74) is 1.21. The Bertz CT molecular complexity index is 97.0.